The van der Waals surface area contributed by atoms with E-state index in [0.717, 1.165) is 23.0 Å². The van der Waals surface area contributed by atoms with Gasteiger partial charge in [-0.05, 0) is 25.6 Å². The Balaban J connectivity index is 2.13. The zero-order valence-electron chi connectivity index (χ0n) is 10.5. The van der Waals surface area contributed by atoms with Gasteiger partial charge in [0.15, 0.2) is 0 Å². The van der Waals surface area contributed by atoms with E-state index in [1.165, 1.54) is 0 Å². The number of hydrogen-bond donors (Lipinski definition) is 1. The van der Waals surface area contributed by atoms with Crippen LogP contribution in [0.15, 0.2) is 33.3 Å². The number of likely N-dealkylation sites (N-methyl/N-ethyl adjacent to an activating group) is 1. The van der Waals surface area contributed by atoms with Crippen molar-refractivity contribution in [2.45, 2.75) is 26.3 Å². The highest BCUT2D eigenvalue weighted by molar-refractivity contribution is 9.10. The molecule has 0 aliphatic carbocycles. The van der Waals surface area contributed by atoms with E-state index in [0.29, 0.717) is 17.8 Å². The SMILES string of the molecule is CCNC(C)Cc1nc(-c2ccccc2Br)no1. The molecule has 0 saturated carbocycles. The van der Waals surface area contributed by atoms with Crippen LogP contribution in [0.5, 0.6) is 0 Å². The lowest BCUT2D eigenvalue weighted by Gasteiger charge is -2.07. The van der Waals surface area contributed by atoms with Gasteiger partial charge in [0.05, 0.1) is 0 Å². The molecular weight excluding hydrogens is 294 g/mol. The van der Waals surface area contributed by atoms with Crippen molar-refractivity contribution in [3.63, 3.8) is 0 Å². The maximum absolute atomic E-state index is 5.27. The van der Waals surface area contributed by atoms with Gasteiger partial charge in [-0.2, -0.15) is 4.98 Å². The minimum Gasteiger partial charge on any atom is -0.339 e. The van der Waals surface area contributed by atoms with Gasteiger partial charge in [0.1, 0.15) is 0 Å². The molecule has 0 fully saturated rings. The van der Waals surface area contributed by atoms with E-state index in [1.807, 2.05) is 24.3 Å². The Morgan fingerprint density at radius 3 is 2.89 bits per heavy atom. The van der Waals surface area contributed by atoms with Gasteiger partial charge in [-0.15, -0.1) is 0 Å². The quantitative estimate of drug-likeness (QED) is 0.922. The summed E-state index contributed by atoms with van der Waals surface area (Å²) in [6.07, 6.45) is 0.741. The first-order valence-electron chi connectivity index (χ1n) is 6.01. The summed E-state index contributed by atoms with van der Waals surface area (Å²) >= 11 is 3.48. The van der Waals surface area contributed by atoms with Gasteiger partial charge >= 0.3 is 0 Å². The molecule has 5 heteroatoms. The van der Waals surface area contributed by atoms with Gasteiger partial charge in [0.25, 0.3) is 0 Å². The van der Waals surface area contributed by atoms with E-state index in [1.54, 1.807) is 0 Å². The fourth-order valence-electron chi connectivity index (χ4n) is 1.77. The molecule has 0 bridgehead atoms. The Hall–Kier alpha value is -1.20. The third kappa shape index (κ3) is 3.17. The van der Waals surface area contributed by atoms with Gasteiger partial charge in [0.2, 0.25) is 11.7 Å². The zero-order valence-corrected chi connectivity index (χ0v) is 12.1. The van der Waals surface area contributed by atoms with Crippen LogP contribution in [0, 0.1) is 0 Å². The summed E-state index contributed by atoms with van der Waals surface area (Å²) in [7, 11) is 0. The minimum atomic E-state index is 0.336. The van der Waals surface area contributed by atoms with Gasteiger partial charge in [-0.1, -0.05) is 40.1 Å². The summed E-state index contributed by atoms with van der Waals surface area (Å²) in [6.45, 7) is 5.12. The summed E-state index contributed by atoms with van der Waals surface area (Å²) in [5.74, 6) is 1.29. The number of nitrogens with one attached hydrogen (secondary N) is 1. The molecule has 96 valence electrons. The standard InChI is InChI=1S/C13H16BrN3O/c1-3-15-9(2)8-12-16-13(17-18-12)10-6-4-5-7-11(10)14/h4-7,9,15H,3,8H2,1-2H3. The van der Waals surface area contributed by atoms with Crippen molar-refractivity contribution < 1.29 is 4.52 Å². The van der Waals surface area contributed by atoms with Gasteiger partial charge < -0.3 is 9.84 Å². The molecular formula is C13H16BrN3O. The van der Waals surface area contributed by atoms with Crippen molar-refractivity contribution in [3.8, 4) is 11.4 Å². The number of nitrogens with zero attached hydrogens (tertiary/aromatic N) is 2. The third-order valence-corrected chi connectivity index (χ3v) is 3.31. The van der Waals surface area contributed by atoms with E-state index < -0.39 is 0 Å². The van der Waals surface area contributed by atoms with E-state index in [-0.39, 0.29) is 0 Å². The van der Waals surface area contributed by atoms with Crippen LogP contribution >= 0.6 is 15.9 Å². The number of halogens is 1. The van der Waals surface area contributed by atoms with E-state index in [9.17, 15) is 0 Å². The Morgan fingerprint density at radius 2 is 2.17 bits per heavy atom. The molecule has 2 aromatic rings. The number of hydrogen-bond acceptors (Lipinski definition) is 4. The highest BCUT2D eigenvalue weighted by atomic mass is 79.9. The smallest absolute Gasteiger partial charge is 0.228 e. The largest absolute Gasteiger partial charge is 0.339 e. The third-order valence-electron chi connectivity index (χ3n) is 2.62. The number of benzene rings is 1. The maximum Gasteiger partial charge on any atom is 0.228 e. The summed E-state index contributed by atoms with van der Waals surface area (Å²) in [6, 6.07) is 8.18. The predicted octanol–water partition coefficient (Wildman–Crippen LogP) is 3.04. The van der Waals surface area contributed by atoms with Crippen LogP contribution in [0.25, 0.3) is 11.4 Å². The first kappa shape index (κ1) is 13.2. The van der Waals surface area contributed by atoms with E-state index in [2.05, 4.69) is 45.2 Å². The first-order chi connectivity index (χ1) is 8.70. The fraction of sp³-hybridized carbons (Fsp3) is 0.385. The van der Waals surface area contributed by atoms with Crippen LogP contribution in [0.3, 0.4) is 0 Å². The summed E-state index contributed by atoms with van der Waals surface area (Å²) < 4.78 is 6.24. The van der Waals surface area contributed by atoms with Crippen LogP contribution in [0.4, 0.5) is 0 Å². The molecule has 1 aromatic carbocycles. The average molecular weight is 310 g/mol. The molecule has 1 atom stereocenters. The fourth-order valence-corrected chi connectivity index (χ4v) is 2.23. The molecule has 1 aromatic heterocycles. The van der Waals surface area contributed by atoms with Crippen LogP contribution < -0.4 is 5.32 Å². The highest BCUT2D eigenvalue weighted by Crippen LogP contribution is 2.25. The lowest BCUT2D eigenvalue weighted by atomic mass is 10.2. The molecule has 0 aliphatic rings. The van der Waals surface area contributed by atoms with Crippen molar-refractivity contribution in [1.82, 2.24) is 15.5 Å². The lowest BCUT2D eigenvalue weighted by molar-refractivity contribution is 0.363. The highest BCUT2D eigenvalue weighted by Gasteiger charge is 2.12. The average Bonchev–Trinajstić information content (AvgIpc) is 2.78. The topological polar surface area (TPSA) is 51.0 Å². The zero-order chi connectivity index (χ0) is 13.0. The van der Waals surface area contributed by atoms with Crippen LogP contribution in [0.1, 0.15) is 19.7 Å². The molecule has 0 amide bonds. The van der Waals surface area contributed by atoms with E-state index in [4.69, 9.17) is 4.52 Å². The summed E-state index contributed by atoms with van der Waals surface area (Å²) in [5, 5.41) is 7.33. The van der Waals surface area contributed by atoms with E-state index >= 15 is 0 Å². The normalized spacial score (nSPS) is 12.6. The molecule has 0 saturated heterocycles. The van der Waals surface area contributed by atoms with Crippen molar-refractivity contribution in [2.75, 3.05) is 6.54 Å². The lowest BCUT2D eigenvalue weighted by Crippen LogP contribution is -2.27. The van der Waals surface area contributed by atoms with Gasteiger partial charge in [-0.25, -0.2) is 0 Å². The van der Waals surface area contributed by atoms with Gasteiger partial charge in [-0.3, -0.25) is 0 Å². The Bertz CT molecular complexity index is 512. The molecule has 0 radical (unpaired) electrons. The second-order valence-electron chi connectivity index (χ2n) is 4.15. The minimum absolute atomic E-state index is 0.336. The second kappa shape index (κ2) is 6.11. The maximum atomic E-state index is 5.27. The van der Waals surface area contributed by atoms with Gasteiger partial charge in [0, 0.05) is 22.5 Å². The van der Waals surface area contributed by atoms with Crippen LogP contribution in [-0.2, 0) is 6.42 Å². The van der Waals surface area contributed by atoms with Crippen molar-refractivity contribution in [3.05, 3.63) is 34.6 Å². The number of rotatable bonds is 5. The molecule has 4 nitrogen and oxygen atoms in total. The van der Waals surface area contributed by atoms with Crippen molar-refractivity contribution in [1.29, 1.82) is 0 Å². The Labute approximate surface area is 115 Å². The molecule has 2 rings (SSSR count). The first-order valence-corrected chi connectivity index (χ1v) is 6.81. The predicted molar refractivity (Wildman–Crippen MR) is 74.3 cm³/mol. The molecule has 1 heterocycles. The monoisotopic (exact) mass is 309 g/mol. The van der Waals surface area contributed by atoms with Crippen LogP contribution in [0.2, 0.25) is 0 Å². The summed E-state index contributed by atoms with van der Waals surface area (Å²) in [5.41, 5.74) is 0.948. The molecule has 0 aliphatic heterocycles. The second-order valence-corrected chi connectivity index (χ2v) is 5.01. The molecule has 18 heavy (non-hydrogen) atoms. The Morgan fingerprint density at radius 1 is 1.39 bits per heavy atom. The summed E-state index contributed by atoms with van der Waals surface area (Å²) in [4.78, 5) is 4.42. The van der Waals surface area contributed by atoms with Crippen LogP contribution in [-0.4, -0.2) is 22.7 Å². The van der Waals surface area contributed by atoms with Crippen molar-refractivity contribution >= 4 is 15.9 Å². The molecule has 1 N–H and O–H groups in total. The molecule has 1 unspecified atom stereocenters. The Kier molecular flexibility index (Phi) is 4.49. The van der Waals surface area contributed by atoms with Crippen molar-refractivity contribution in [2.24, 2.45) is 0 Å². The molecule has 0 spiro atoms. The number of aromatic nitrogens is 2.